The minimum atomic E-state index is -0.256. The predicted octanol–water partition coefficient (Wildman–Crippen LogP) is 3.65. The fourth-order valence-electron chi connectivity index (χ4n) is 2.59. The monoisotopic (exact) mass is 286 g/mol. The molecule has 4 heteroatoms. The van der Waals surface area contributed by atoms with Crippen molar-refractivity contribution in [2.24, 2.45) is 0 Å². The van der Waals surface area contributed by atoms with Crippen LogP contribution in [0, 0.1) is 11.0 Å². The maximum absolute atomic E-state index is 13.1. The molecule has 0 radical (unpaired) electrons. The van der Waals surface area contributed by atoms with Gasteiger partial charge < -0.3 is 15.0 Å². The highest BCUT2D eigenvalue weighted by molar-refractivity contribution is 5.36. The molecule has 2 aromatic rings. The summed E-state index contributed by atoms with van der Waals surface area (Å²) in [6.45, 7) is 1.36. The Morgan fingerprint density at radius 1 is 1.14 bits per heavy atom. The maximum atomic E-state index is 13.1. The third kappa shape index (κ3) is 3.60. The Hall–Kier alpha value is -1.91. The van der Waals surface area contributed by atoms with E-state index in [1.807, 2.05) is 24.3 Å². The zero-order valence-electron chi connectivity index (χ0n) is 11.7. The number of ether oxygens (including phenoxy) is 1. The Morgan fingerprint density at radius 3 is 2.90 bits per heavy atom. The second-order valence-corrected chi connectivity index (χ2v) is 5.32. The minimum absolute atomic E-state index is 0.256. The summed E-state index contributed by atoms with van der Waals surface area (Å²) in [6, 6.07) is 12.2. The van der Waals surface area contributed by atoms with E-state index in [4.69, 9.17) is 4.74 Å². The molecule has 0 amide bonds. The lowest BCUT2D eigenvalue weighted by atomic mass is 10.0. The van der Waals surface area contributed by atoms with Crippen LogP contribution in [0.3, 0.4) is 0 Å². The molecular formula is C17H17FNO2-. The molecular weight excluding hydrogens is 269 g/mol. The van der Waals surface area contributed by atoms with Gasteiger partial charge in [0.05, 0.1) is 0 Å². The van der Waals surface area contributed by atoms with Crippen LogP contribution in [-0.2, 0) is 19.6 Å². The van der Waals surface area contributed by atoms with Gasteiger partial charge in [0.25, 0.3) is 0 Å². The molecule has 0 N–H and O–H groups in total. The number of hydrogen-bond acceptors (Lipinski definition) is 3. The Kier molecular flexibility index (Phi) is 4.18. The van der Waals surface area contributed by atoms with Crippen molar-refractivity contribution in [3.05, 3.63) is 70.2 Å². The molecule has 0 aromatic heterocycles. The van der Waals surface area contributed by atoms with Gasteiger partial charge in [0.1, 0.15) is 18.2 Å². The van der Waals surface area contributed by atoms with Crippen LogP contribution in [0.5, 0.6) is 5.75 Å². The summed E-state index contributed by atoms with van der Waals surface area (Å²) in [7, 11) is 0. The first kappa shape index (κ1) is 14.0. The summed E-state index contributed by atoms with van der Waals surface area (Å²) in [6.07, 6.45) is 1.76. The van der Waals surface area contributed by atoms with Gasteiger partial charge in [-0.3, -0.25) is 0 Å². The van der Waals surface area contributed by atoms with E-state index >= 15 is 0 Å². The smallest absolute Gasteiger partial charge is 0.123 e. The molecule has 110 valence electrons. The number of benzene rings is 2. The molecule has 0 saturated heterocycles. The highest BCUT2D eigenvalue weighted by Crippen LogP contribution is 2.24. The van der Waals surface area contributed by atoms with E-state index < -0.39 is 0 Å². The van der Waals surface area contributed by atoms with Crippen molar-refractivity contribution in [1.82, 2.24) is 5.06 Å². The molecule has 0 unspecified atom stereocenters. The van der Waals surface area contributed by atoms with Crippen LogP contribution < -0.4 is 4.74 Å². The average molecular weight is 286 g/mol. The van der Waals surface area contributed by atoms with Crippen molar-refractivity contribution >= 4 is 0 Å². The van der Waals surface area contributed by atoms with Crippen LogP contribution in [0.1, 0.15) is 23.1 Å². The Bertz CT molecular complexity index is 630. The first-order chi connectivity index (χ1) is 10.2. The van der Waals surface area contributed by atoms with Crippen LogP contribution in [0.4, 0.5) is 4.39 Å². The van der Waals surface area contributed by atoms with Crippen LogP contribution in [0.15, 0.2) is 42.5 Å². The standard InChI is InChI=1S/C17H17FNO2/c18-16-5-1-3-13(9-16)12-21-17-7-6-15-11-19(20)8-2-4-14(15)10-17/h1,3,5-7,9-10H,2,4,8,11-12H2/q-1. The second kappa shape index (κ2) is 6.24. The number of hydrogen-bond donors (Lipinski definition) is 0. The first-order valence-electron chi connectivity index (χ1n) is 7.12. The molecule has 1 heterocycles. The second-order valence-electron chi connectivity index (χ2n) is 5.32. The molecule has 0 atom stereocenters. The highest BCUT2D eigenvalue weighted by atomic mass is 19.1. The van der Waals surface area contributed by atoms with Crippen molar-refractivity contribution in [3.63, 3.8) is 0 Å². The zero-order chi connectivity index (χ0) is 14.7. The average Bonchev–Trinajstić information content (AvgIpc) is 2.65. The van der Waals surface area contributed by atoms with Crippen LogP contribution in [0.25, 0.3) is 0 Å². The molecule has 0 spiro atoms. The van der Waals surface area contributed by atoms with E-state index in [2.05, 4.69) is 0 Å². The number of rotatable bonds is 3. The van der Waals surface area contributed by atoms with E-state index in [9.17, 15) is 9.60 Å². The van der Waals surface area contributed by atoms with E-state index in [1.165, 1.54) is 17.7 Å². The molecule has 3 rings (SSSR count). The number of nitrogens with zero attached hydrogens (tertiary/aromatic N) is 1. The van der Waals surface area contributed by atoms with E-state index in [0.29, 0.717) is 19.7 Å². The first-order valence-corrected chi connectivity index (χ1v) is 7.12. The van der Waals surface area contributed by atoms with E-state index in [-0.39, 0.29) is 5.82 Å². The SMILES string of the molecule is [O-]N1CCCc2cc(OCc3cccc(F)c3)ccc2C1. The molecule has 1 aliphatic rings. The lowest BCUT2D eigenvalue weighted by molar-refractivity contribution is 0.305. The van der Waals surface area contributed by atoms with Gasteiger partial charge in [-0.15, -0.1) is 0 Å². The predicted molar refractivity (Wildman–Crippen MR) is 79.3 cm³/mol. The van der Waals surface area contributed by atoms with E-state index in [1.54, 1.807) is 6.07 Å². The van der Waals surface area contributed by atoms with Crippen molar-refractivity contribution in [1.29, 1.82) is 0 Å². The third-order valence-electron chi connectivity index (χ3n) is 3.67. The molecule has 2 aromatic carbocycles. The van der Waals surface area contributed by atoms with Gasteiger partial charge in [0, 0.05) is 6.54 Å². The van der Waals surface area contributed by atoms with Crippen LogP contribution in [-0.4, -0.2) is 11.6 Å². The van der Waals surface area contributed by atoms with Gasteiger partial charge in [-0.25, -0.2) is 4.39 Å². The summed E-state index contributed by atoms with van der Waals surface area (Å²) in [5.74, 6) is 0.505. The maximum Gasteiger partial charge on any atom is 0.123 e. The van der Waals surface area contributed by atoms with Gasteiger partial charge in [-0.05, 0) is 60.3 Å². The molecule has 21 heavy (non-hydrogen) atoms. The minimum Gasteiger partial charge on any atom is -0.785 e. The fraction of sp³-hybridized carbons (Fsp3) is 0.294. The number of halogens is 1. The summed E-state index contributed by atoms with van der Waals surface area (Å²) in [5.41, 5.74) is 3.04. The molecule has 0 saturated carbocycles. The number of hydroxylamine groups is 2. The summed E-state index contributed by atoms with van der Waals surface area (Å²) < 4.78 is 18.8. The van der Waals surface area contributed by atoms with Gasteiger partial charge in [0.2, 0.25) is 0 Å². The quantitative estimate of drug-likeness (QED) is 0.864. The van der Waals surface area contributed by atoms with Gasteiger partial charge in [-0.2, -0.15) is 0 Å². The molecule has 0 bridgehead atoms. The number of aryl methyl sites for hydroxylation is 1. The van der Waals surface area contributed by atoms with Gasteiger partial charge in [0.15, 0.2) is 0 Å². The Labute approximate surface area is 123 Å². The summed E-state index contributed by atoms with van der Waals surface area (Å²) in [4.78, 5) is 0. The molecule has 1 aliphatic heterocycles. The third-order valence-corrected chi connectivity index (χ3v) is 3.67. The molecule has 0 fully saturated rings. The summed E-state index contributed by atoms with van der Waals surface area (Å²) in [5, 5.41) is 12.6. The molecule has 3 nitrogen and oxygen atoms in total. The Morgan fingerprint density at radius 2 is 2.05 bits per heavy atom. The largest absolute Gasteiger partial charge is 0.785 e. The normalized spacial score (nSPS) is 15.3. The fourth-order valence-corrected chi connectivity index (χ4v) is 2.59. The van der Waals surface area contributed by atoms with Crippen molar-refractivity contribution < 1.29 is 9.13 Å². The van der Waals surface area contributed by atoms with E-state index in [0.717, 1.165) is 34.8 Å². The van der Waals surface area contributed by atoms with Gasteiger partial charge >= 0.3 is 0 Å². The van der Waals surface area contributed by atoms with Crippen molar-refractivity contribution in [3.8, 4) is 5.75 Å². The number of fused-ring (bicyclic) bond motifs is 1. The zero-order valence-corrected chi connectivity index (χ0v) is 11.7. The van der Waals surface area contributed by atoms with Crippen molar-refractivity contribution in [2.75, 3.05) is 6.54 Å². The van der Waals surface area contributed by atoms with Gasteiger partial charge in [-0.1, -0.05) is 18.2 Å². The van der Waals surface area contributed by atoms with Crippen molar-refractivity contribution in [2.45, 2.75) is 26.0 Å². The topological polar surface area (TPSA) is 35.5 Å². The lowest BCUT2D eigenvalue weighted by Gasteiger charge is -2.25. The van der Waals surface area contributed by atoms with Crippen LogP contribution in [0.2, 0.25) is 0 Å². The Balaban J connectivity index is 1.71. The van der Waals surface area contributed by atoms with Crippen LogP contribution >= 0.6 is 0 Å². The lowest BCUT2D eigenvalue weighted by Crippen LogP contribution is -2.14. The highest BCUT2D eigenvalue weighted by Gasteiger charge is 2.10. The summed E-state index contributed by atoms with van der Waals surface area (Å²) >= 11 is 0. The molecule has 0 aliphatic carbocycles.